The molecule has 1 rings (SSSR count). The highest BCUT2D eigenvalue weighted by atomic mass is 29.3. The van der Waals surface area contributed by atoms with Crippen molar-refractivity contribution in [1.29, 1.82) is 0 Å². The predicted octanol–water partition coefficient (Wildman–Crippen LogP) is 4.37. The fourth-order valence-electron chi connectivity index (χ4n) is 1.89. The molecule has 20 heavy (non-hydrogen) atoms. The Morgan fingerprint density at radius 2 is 1.40 bits per heavy atom. The third-order valence-corrected chi connectivity index (χ3v) is 21.6. The third kappa shape index (κ3) is 4.62. The van der Waals surface area contributed by atoms with Crippen LogP contribution in [0.15, 0.2) is 42.1 Å². The van der Waals surface area contributed by atoms with Gasteiger partial charge in [0.05, 0.1) is 15.7 Å². The molecule has 0 aliphatic carbocycles. The molecular weight excluding hydrogens is 288 g/mol. The van der Waals surface area contributed by atoms with Crippen LogP contribution in [0.3, 0.4) is 0 Å². The minimum Gasteiger partial charge on any atom is -0.130 e. The van der Waals surface area contributed by atoms with Gasteiger partial charge < -0.3 is 0 Å². The van der Waals surface area contributed by atoms with Gasteiger partial charge in [-0.25, -0.2) is 0 Å². The molecule has 0 aromatic heterocycles. The Morgan fingerprint density at radius 1 is 0.850 bits per heavy atom. The molecule has 3 heteroatoms. The summed E-state index contributed by atoms with van der Waals surface area (Å²) in [5, 5.41) is 1.54. The minimum atomic E-state index is -1.53. The summed E-state index contributed by atoms with van der Waals surface area (Å²) < 4.78 is 0. The van der Waals surface area contributed by atoms with Crippen molar-refractivity contribution in [3.8, 4) is 11.5 Å². The number of allylic oxidation sites excluding steroid dienone is 1. The van der Waals surface area contributed by atoms with Crippen LogP contribution in [0, 0.1) is 11.5 Å². The van der Waals surface area contributed by atoms with E-state index in [0.29, 0.717) is 0 Å². The van der Waals surface area contributed by atoms with Crippen molar-refractivity contribution < 1.29 is 0 Å². The summed E-state index contributed by atoms with van der Waals surface area (Å²) in [6, 6.07) is 11.0. The molecule has 0 atom stereocenters. The molecule has 0 fully saturated rings. The lowest BCUT2D eigenvalue weighted by atomic mass is 10.4. The summed E-state index contributed by atoms with van der Waals surface area (Å²) in [4.78, 5) is 0. The van der Waals surface area contributed by atoms with Gasteiger partial charge in [0.15, 0.2) is 0 Å². The van der Waals surface area contributed by atoms with E-state index in [2.05, 4.69) is 99.4 Å². The second-order valence-electron chi connectivity index (χ2n) is 7.58. The standard InChI is InChI=1S/C17H28Si3/c1-18(2,3)15-11-12-16-19(4,5)20(6,7)17-13-9-8-10-14-17/h8-11,13-15H,1-7H3/b15-11+. The summed E-state index contributed by atoms with van der Waals surface area (Å²) in [7, 11) is -4.11. The van der Waals surface area contributed by atoms with Crippen molar-refractivity contribution in [2.45, 2.75) is 45.8 Å². The highest BCUT2D eigenvalue weighted by Crippen LogP contribution is 2.18. The van der Waals surface area contributed by atoms with Gasteiger partial charge in [-0.15, -0.1) is 5.54 Å². The van der Waals surface area contributed by atoms with E-state index in [9.17, 15) is 0 Å². The van der Waals surface area contributed by atoms with E-state index in [1.165, 1.54) is 0 Å². The third-order valence-electron chi connectivity index (χ3n) is 4.11. The SMILES string of the molecule is C[Si](C)(C)/C=C/C#C[Si](C)(C)[Si](C)(C)c1ccccc1. The van der Waals surface area contributed by atoms with Gasteiger partial charge in [0.25, 0.3) is 0 Å². The van der Waals surface area contributed by atoms with E-state index >= 15 is 0 Å². The van der Waals surface area contributed by atoms with Crippen molar-refractivity contribution in [3.05, 3.63) is 42.1 Å². The Balaban J connectivity index is 2.99. The number of hydrogen-bond acceptors (Lipinski definition) is 0. The van der Waals surface area contributed by atoms with Crippen molar-refractivity contribution in [3.63, 3.8) is 0 Å². The predicted molar refractivity (Wildman–Crippen MR) is 101 cm³/mol. The molecule has 0 spiro atoms. The maximum atomic E-state index is 3.66. The summed E-state index contributed by atoms with van der Waals surface area (Å²) in [5.74, 6) is 3.36. The first-order valence-corrected chi connectivity index (χ1v) is 17.9. The van der Waals surface area contributed by atoms with Gasteiger partial charge in [-0.05, 0) is 6.08 Å². The molecule has 0 amide bonds. The summed E-state index contributed by atoms with van der Waals surface area (Å²) in [6.07, 6.45) is 2.11. The van der Waals surface area contributed by atoms with E-state index in [4.69, 9.17) is 0 Å². The lowest BCUT2D eigenvalue weighted by Gasteiger charge is -2.34. The maximum Gasteiger partial charge on any atom is 0.129 e. The van der Waals surface area contributed by atoms with Crippen molar-refractivity contribution in [1.82, 2.24) is 0 Å². The molecule has 0 heterocycles. The molecule has 0 nitrogen and oxygen atoms in total. The first kappa shape index (κ1) is 17.2. The molecule has 0 radical (unpaired) electrons. The second-order valence-corrected chi connectivity index (χ2v) is 27.5. The zero-order chi connectivity index (χ0) is 15.4. The molecule has 0 bridgehead atoms. The van der Waals surface area contributed by atoms with Crippen molar-refractivity contribution >= 4 is 28.4 Å². The lowest BCUT2D eigenvalue weighted by Crippen LogP contribution is -2.62. The first-order valence-electron chi connectivity index (χ1n) is 7.32. The quantitative estimate of drug-likeness (QED) is 0.574. The molecule has 0 aliphatic rings. The number of rotatable bonds is 3. The van der Waals surface area contributed by atoms with E-state index < -0.39 is 23.3 Å². The first-order chi connectivity index (χ1) is 9.06. The lowest BCUT2D eigenvalue weighted by molar-refractivity contribution is 1.71. The van der Waals surface area contributed by atoms with Crippen LogP contribution in [0.1, 0.15) is 0 Å². The van der Waals surface area contributed by atoms with Gasteiger partial charge in [0.2, 0.25) is 0 Å². The highest BCUT2D eigenvalue weighted by Gasteiger charge is 2.41. The average molecular weight is 317 g/mol. The van der Waals surface area contributed by atoms with Crippen LogP contribution in [0.5, 0.6) is 0 Å². The smallest absolute Gasteiger partial charge is 0.129 e. The molecule has 1 aromatic carbocycles. The molecule has 108 valence electrons. The van der Waals surface area contributed by atoms with Crippen LogP contribution in [0.4, 0.5) is 0 Å². The fourth-order valence-corrected chi connectivity index (χ4v) is 8.79. The summed E-state index contributed by atoms with van der Waals surface area (Å²) in [6.45, 7) is 16.9. The minimum absolute atomic E-state index is 1.12. The van der Waals surface area contributed by atoms with E-state index in [0.717, 1.165) is 0 Å². The second kappa shape index (κ2) is 6.30. The molecule has 0 aliphatic heterocycles. The van der Waals surface area contributed by atoms with Gasteiger partial charge in [0.1, 0.15) is 7.59 Å². The average Bonchev–Trinajstić information content (AvgIpc) is 2.34. The summed E-state index contributed by atoms with van der Waals surface area (Å²) >= 11 is 0. The van der Waals surface area contributed by atoms with E-state index in [-0.39, 0.29) is 0 Å². The molecule has 0 saturated heterocycles. The van der Waals surface area contributed by atoms with Gasteiger partial charge >= 0.3 is 0 Å². The maximum absolute atomic E-state index is 3.66. The molecule has 0 saturated carbocycles. The fraction of sp³-hybridized carbons (Fsp3) is 0.412. The van der Waals surface area contributed by atoms with Crippen LogP contribution in [0.2, 0.25) is 45.8 Å². The Bertz CT molecular complexity index is 523. The Morgan fingerprint density at radius 3 is 1.90 bits per heavy atom. The van der Waals surface area contributed by atoms with Crippen LogP contribution >= 0.6 is 0 Å². The molecule has 0 N–H and O–H groups in total. The normalized spacial score (nSPS) is 13.2. The van der Waals surface area contributed by atoms with Crippen molar-refractivity contribution in [2.24, 2.45) is 0 Å². The number of hydrogen-bond donors (Lipinski definition) is 0. The van der Waals surface area contributed by atoms with Gasteiger partial charge in [-0.2, -0.15) is 0 Å². The monoisotopic (exact) mass is 316 g/mol. The highest BCUT2D eigenvalue weighted by molar-refractivity contribution is 7.48. The van der Waals surface area contributed by atoms with E-state index in [1.54, 1.807) is 5.19 Å². The Labute approximate surface area is 128 Å². The van der Waals surface area contributed by atoms with Crippen LogP contribution < -0.4 is 5.19 Å². The Hall–Kier alpha value is -0.829. The molecular formula is C17H28Si3. The topological polar surface area (TPSA) is 0 Å². The number of benzene rings is 1. The van der Waals surface area contributed by atoms with Gasteiger partial charge in [-0.3, -0.25) is 0 Å². The van der Waals surface area contributed by atoms with Gasteiger partial charge in [-0.1, -0.05) is 93.0 Å². The van der Waals surface area contributed by atoms with Crippen LogP contribution in [-0.2, 0) is 0 Å². The van der Waals surface area contributed by atoms with Crippen molar-refractivity contribution in [2.75, 3.05) is 0 Å². The zero-order valence-electron chi connectivity index (χ0n) is 14.0. The van der Waals surface area contributed by atoms with Gasteiger partial charge in [0, 0.05) is 0 Å². The summed E-state index contributed by atoms with van der Waals surface area (Å²) in [5.41, 5.74) is 5.99. The van der Waals surface area contributed by atoms with Crippen LogP contribution in [-0.4, -0.2) is 23.3 Å². The Kier molecular flexibility index (Phi) is 5.42. The zero-order valence-corrected chi connectivity index (χ0v) is 17.0. The molecule has 1 aromatic rings. The largest absolute Gasteiger partial charge is 0.130 e. The van der Waals surface area contributed by atoms with E-state index in [1.807, 2.05) is 0 Å². The van der Waals surface area contributed by atoms with Crippen LogP contribution in [0.25, 0.3) is 0 Å². The molecule has 0 unspecified atom stereocenters.